The van der Waals surface area contributed by atoms with Crippen LogP contribution < -0.4 is 24.4 Å². The lowest BCUT2D eigenvalue weighted by Crippen LogP contribution is -2.38. The second-order valence-corrected chi connectivity index (χ2v) is 9.83. The Morgan fingerprint density at radius 2 is 1.89 bits per heavy atom. The zero-order valence-corrected chi connectivity index (χ0v) is 20.7. The lowest BCUT2D eigenvalue weighted by Gasteiger charge is -2.31. The molecule has 2 heterocycles. The van der Waals surface area contributed by atoms with Crippen molar-refractivity contribution in [3.8, 4) is 17.2 Å². The number of fused-ring (bicyclic) bond motifs is 3. The topological polar surface area (TPSA) is 73.1 Å². The van der Waals surface area contributed by atoms with Crippen molar-refractivity contribution >= 4 is 23.1 Å². The zero-order valence-electron chi connectivity index (χ0n) is 19.9. The first-order chi connectivity index (χ1) is 17.6. The summed E-state index contributed by atoms with van der Waals surface area (Å²) in [6.45, 7) is 0. The first-order valence-corrected chi connectivity index (χ1v) is 12.5. The van der Waals surface area contributed by atoms with Crippen molar-refractivity contribution in [3.05, 3.63) is 114 Å². The summed E-state index contributed by atoms with van der Waals surface area (Å²) in [6.07, 6.45) is 3.56. The minimum Gasteiger partial charge on any atom is -0.504 e. The van der Waals surface area contributed by atoms with Crippen LogP contribution in [0.2, 0.25) is 0 Å². The van der Waals surface area contributed by atoms with E-state index in [0.717, 1.165) is 46.6 Å². The molecule has 0 fully saturated rings. The highest BCUT2D eigenvalue weighted by molar-refractivity contribution is 7.07. The monoisotopic (exact) mass is 496 g/mol. The van der Waals surface area contributed by atoms with E-state index in [1.165, 1.54) is 24.0 Å². The van der Waals surface area contributed by atoms with Crippen molar-refractivity contribution in [2.24, 2.45) is 4.99 Å². The predicted molar refractivity (Wildman–Crippen MR) is 140 cm³/mol. The van der Waals surface area contributed by atoms with Gasteiger partial charge in [-0.3, -0.25) is 9.36 Å². The molecular formula is C29H24N2O4S. The Kier molecular flexibility index (Phi) is 5.49. The smallest absolute Gasteiger partial charge is 0.271 e. The number of nitrogens with zero attached hydrogens (tertiary/aromatic N) is 2. The van der Waals surface area contributed by atoms with Crippen LogP contribution in [-0.4, -0.2) is 23.9 Å². The van der Waals surface area contributed by atoms with E-state index in [1.54, 1.807) is 25.3 Å². The van der Waals surface area contributed by atoms with Gasteiger partial charge in [-0.05, 0) is 65.4 Å². The molecular weight excluding hydrogens is 472 g/mol. The molecule has 0 amide bonds. The maximum atomic E-state index is 13.8. The average Bonchev–Trinajstić information content (AvgIpc) is 3.22. The summed E-state index contributed by atoms with van der Waals surface area (Å²) in [6, 6.07) is 21.1. The third-order valence-corrected chi connectivity index (χ3v) is 7.77. The second kappa shape index (κ2) is 8.84. The number of hydrogen-bond acceptors (Lipinski definition) is 6. The van der Waals surface area contributed by atoms with Crippen molar-refractivity contribution < 1.29 is 14.6 Å². The number of rotatable bonds is 4. The molecule has 0 radical (unpaired) electrons. The second-order valence-electron chi connectivity index (χ2n) is 8.82. The first kappa shape index (κ1) is 22.4. The Morgan fingerprint density at radius 1 is 1.03 bits per heavy atom. The Bertz CT molecular complexity index is 1710. The summed E-state index contributed by atoms with van der Waals surface area (Å²) in [7, 11) is 3.15. The van der Waals surface area contributed by atoms with E-state index >= 15 is 0 Å². The van der Waals surface area contributed by atoms with Gasteiger partial charge in [0.25, 0.3) is 5.56 Å². The highest BCUT2D eigenvalue weighted by Gasteiger charge is 2.32. The van der Waals surface area contributed by atoms with E-state index in [1.807, 2.05) is 41.0 Å². The van der Waals surface area contributed by atoms with Crippen LogP contribution in [0.4, 0.5) is 0 Å². The van der Waals surface area contributed by atoms with Crippen LogP contribution in [0.25, 0.3) is 11.8 Å². The molecule has 4 aromatic rings. The summed E-state index contributed by atoms with van der Waals surface area (Å²) < 4.78 is 13.1. The van der Waals surface area contributed by atoms with Crippen LogP contribution in [0, 0.1) is 0 Å². The van der Waals surface area contributed by atoms with E-state index in [9.17, 15) is 9.90 Å². The van der Waals surface area contributed by atoms with Gasteiger partial charge >= 0.3 is 0 Å². The normalized spacial score (nSPS) is 16.6. The van der Waals surface area contributed by atoms with Crippen molar-refractivity contribution in [3.63, 3.8) is 0 Å². The lowest BCUT2D eigenvalue weighted by molar-refractivity contribution is 0.373. The molecule has 2 aliphatic rings. The van der Waals surface area contributed by atoms with Crippen LogP contribution >= 0.6 is 11.3 Å². The maximum Gasteiger partial charge on any atom is 0.271 e. The first-order valence-electron chi connectivity index (χ1n) is 11.7. The molecule has 0 bridgehead atoms. The Morgan fingerprint density at radius 3 is 2.72 bits per heavy atom. The van der Waals surface area contributed by atoms with Crippen molar-refractivity contribution in [2.75, 3.05) is 14.2 Å². The Hall–Kier alpha value is -4.10. The third-order valence-electron chi connectivity index (χ3n) is 6.78. The average molecular weight is 497 g/mol. The van der Waals surface area contributed by atoms with E-state index in [-0.39, 0.29) is 17.4 Å². The fourth-order valence-corrected chi connectivity index (χ4v) is 6.07. The molecule has 6 nitrogen and oxygen atoms in total. The minimum absolute atomic E-state index is 0.0560. The molecule has 1 aliphatic carbocycles. The van der Waals surface area contributed by atoms with Crippen molar-refractivity contribution in [1.82, 2.24) is 4.57 Å². The molecule has 1 aromatic heterocycles. The number of thiazole rings is 1. The zero-order chi connectivity index (χ0) is 24.8. The van der Waals surface area contributed by atoms with E-state index in [0.29, 0.717) is 15.1 Å². The Balaban J connectivity index is 1.61. The van der Waals surface area contributed by atoms with Crippen LogP contribution in [-0.2, 0) is 6.42 Å². The van der Waals surface area contributed by atoms with Gasteiger partial charge < -0.3 is 14.6 Å². The fraction of sp³-hybridized carbons (Fsp3) is 0.172. The van der Waals surface area contributed by atoms with Crippen molar-refractivity contribution in [2.45, 2.75) is 18.9 Å². The van der Waals surface area contributed by atoms with Crippen LogP contribution in [0.15, 0.2) is 82.1 Å². The number of methoxy groups -OCH3 is 2. The highest BCUT2D eigenvalue weighted by Crippen LogP contribution is 2.41. The molecule has 1 atom stereocenters. The van der Waals surface area contributed by atoms with E-state index in [4.69, 9.17) is 14.5 Å². The molecule has 1 aliphatic heterocycles. The number of phenols is 1. The molecule has 0 saturated heterocycles. The number of aromatic nitrogens is 1. The number of benzene rings is 3. The van der Waals surface area contributed by atoms with Gasteiger partial charge in [-0.15, -0.1) is 0 Å². The lowest BCUT2D eigenvalue weighted by atomic mass is 9.83. The van der Waals surface area contributed by atoms with Gasteiger partial charge in [0, 0.05) is 5.56 Å². The van der Waals surface area contributed by atoms with E-state index < -0.39 is 0 Å². The van der Waals surface area contributed by atoms with Crippen LogP contribution in [0.1, 0.15) is 34.7 Å². The number of aryl methyl sites for hydroxylation is 1. The summed E-state index contributed by atoms with van der Waals surface area (Å²) in [5.41, 5.74) is 6.18. The largest absolute Gasteiger partial charge is 0.504 e. The quantitative estimate of drug-likeness (QED) is 0.463. The molecule has 3 aromatic carbocycles. The molecule has 0 unspecified atom stereocenters. The number of hydrogen-bond donors (Lipinski definition) is 1. The summed E-state index contributed by atoms with van der Waals surface area (Å²) in [5.74, 6) is 1.17. The molecule has 0 spiro atoms. The summed E-state index contributed by atoms with van der Waals surface area (Å²) in [5, 5.41) is 9.96. The van der Waals surface area contributed by atoms with Gasteiger partial charge in [0.05, 0.1) is 30.5 Å². The third kappa shape index (κ3) is 3.63. The molecule has 0 saturated carbocycles. The van der Waals surface area contributed by atoms with E-state index in [2.05, 4.69) is 18.2 Å². The van der Waals surface area contributed by atoms with Gasteiger partial charge in [0.1, 0.15) is 5.75 Å². The summed E-state index contributed by atoms with van der Waals surface area (Å²) in [4.78, 5) is 19.6. The molecule has 180 valence electrons. The fourth-order valence-electron chi connectivity index (χ4n) is 5.07. The Labute approximate surface area is 211 Å². The van der Waals surface area contributed by atoms with Gasteiger partial charge in [-0.1, -0.05) is 53.8 Å². The number of aromatic hydroxyl groups is 1. The molecule has 6 rings (SSSR count). The molecule has 1 N–H and O–H groups in total. The van der Waals surface area contributed by atoms with Gasteiger partial charge in [-0.25, -0.2) is 4.99 Å². The number of phenolic OH excluding ortho intramolecular Hbond substituents is 1. The van der Waals surface area contributed by atoms with Gasteiger partial charge in [0.15, 0.2) is 16.3 Å². The molecule has 36 heavy (non-hydrogen) atoms. The maximum absolute atomic E-state index is 13.8. The highest BCUT2D eigenvalue weighted by atomic mass is 32.1. The van der Waals surface area contributed by atoms with Gasteiger partial charge in [0.2, 0.25) is 0 Å². The SMILES string of the molecule is COc1cccc([C@@H]2C3=C(N=c4sc(=Cc5ccc(O)c(OC)c5)c(=O)n42)c2ccccc2CC3)c1. The summed E-state index contributed by atoms with van der Waals surface area (Å²) >= 11 is 1.37. The van der Waals surface area contributed by atoms with Crippen molar-refractivity contribution in [1.29, 1.82) is 0 Å². The molecule has 7 heteroatoms. The van der Waals surface area contributed by atoms with Crippen LogP contribution in [0.3, 0.4) is 0 Å². The number of allylic oxidation sites excluding steroid dienone is 1. The van der Waals surface area contributed by atoms with Crippen LogP contribution in [0.5, 0.6) is 17.2 Å². The van der Waals surface area contributed by atoms with Gasteiger partial charge in [-0.2, -0.15) is 0 Å². The number of ether oxygens (including phenoxy) is 2. The predicted octanol–water partition coefficient (Wildman–Crippen LogP) is 4.04. The minimum atomic E-state index is -0.267. The standard InChI is InChI=1S/C29H24N2O4S/c1-34-20-8-5-7-19(16-20)27-22-12-11-18-6-3-4-9-21(18)26(22)30-29-31(27)28(33)25(36-29)15-17-10-13-23(32)24(14-17)35-2/h3-10,13-16,27,32H,11-12H2,1-2H3/t27-/m1/s1.